The number of methoxy groups -OCH3 is 4. The highest BCUT2D eigenvalue weighted by atomic mass is 16.5. The predicted molar refractivity (Wildman–Crippen MR) is 205 cm³/mol. The third-order valence-electron chi connectivity index (χ3n) is 11.0. The van der Waals surface area contributed by atoms with Gasteiger partial charge in [-0.2, -0.15) is 0 Å². The lowest BCUT2D eigenvalue weighted by molar-refractivity contribution is -0.150. The van der Waals surface area contributed by atoms with Crippen LogP contribution in [0.1, 0.15) is 60.3 Å². The van der Waals surface area contributed by atoms with Gasteiger partial charge in [-0.15, -0.1) is 0 Å². The summed E-state index contributed by atoms with van der Waals surface area (Å²) in [6, 6.07) is 0. The number of nitrogens with one attached hydrogen (secondary N) is 1. The molecule has 0 aromatic carbocycles. The molecule has 286 valence electrons. The highest BCUT2D eigenvalue weighted by Crippen LogP contribution is 2.55. The van der Waals surface area contributed by atoms with E-state index in [1.165, 1.54) is 28.4 Å². The Hall–Kier alpha value is -6.11. The number of allylic oxidation sites excluding steroid dienone is 15. The Morgan fingerprint density at radius 1 is 0.745 bits per heavy atom. The van der Waals surface area contributed by atoms with Crippen molar-refractivity contribution in [1.82, 2.24) is 5.32 Å². The number of esters is 4. The summed E-state index contributed by atoms with van der Waals surface area (Å²) in [6.45, 7) is 9.14. The van der Waals surface area contributed by atoms with Crippen LogP contribution >= 0.6 is 0 Å². The number of aliphatic hydroxyl groups excluding tert-OH is 1. The molecule has 55 heavy (non-hydrogen) atoms. The highest BCUT2D eigenvalue weighted by molar-refractivity contribution is 6.18. The van der Waals surface area contributed by atoms with Crippen LogP contribution in [0.15, 0.2) is 130 Å². The maximum Gasteiger partial charge on any atom is 0.334 e. The van der Waals surface area contributed by atoms with Crippen LogP contribution in [0.5, 0.6) is 0 Å². The summed E-state index contributed by atoms with van der Waals surface area (Å²) in [5, 5.41) is 14.6. The number of carbonyl (C=O) groups is 4. The van der Waals surface area contributed by atoms with Gasteiger partial charge < -0.3 is 29.4 Å². The van der Waals surface area contributed by atoms with E-state index in [0.717, 1.165) is 22.3 Å². The minimum atomic E-state index is -1.20. The Morgan fingerprint density at radius 3 is 2.02 bits per heavy atom. The number of aliphatic imine (C=N–C) groups is 3. The lowest BCUT2D eigenvalue weighted by Crippen LogP contribution is -2.41. The molecule has 0 radical (unpaired) electrons. The van der Waals surface area contributed by atoms with Crippen LogP contribution in [0.2, 0.25) is 0 Å². The summed E-state index contributed by atoms with van der Waals surface area (Å²) in [7, 11) is 5.22. The fourth-order valence-electron chi connectivity index (χ4n) is 7.89. The molecule has 2 atom stereocenters. The minimum Gasteiger partial charge on any atom is -0.512 e. The van der Waals surface area contributed by atoms with Crippen LogP contribution in [0.25, 0.3) is 0 Å². The fraction of sp³-hybridized carbons (Fsp3) is 0.357. The second-order valence-electron chi connectivity index (χ2n) is 14.0. The monoisotopic (exact) mass is 748 g/mol. The first kappa shape index (κ1) is 38.6. The van der Waals surface area contributed by atoms with E-state index in [2.05, 4.69) is 5.32 Å². The van der Waals surface area contributed by atoms with Crippen molar-refractivity contribution < 1.29 is 43.2 Å². The van der Waals surface area contributed by atoms with E-state index in [0.29, 0.717) is 75.2 Å². The summed E-state index contributed by atoms with van der Waals surface area (Å²) in [6.07, 6.45) is 11.7. The van der Waals surface area contributed by atoms with Crippen molar-refractivity contribution in [2.45, 2.75) is 60.3 Å². The van der Waals surface area contributed by atoms with Gasteiger partial charge in [0.2, 0.25) is 0 Å². The molecule has 1 saturated heterocycles. The molecule has 5 heterocycles. The topological polar surface area (TPSA) is 175 Å². The maximum atomic E-state index is 13.7. The average molecular weight is 749 g/mol. The minimum absolute atomic E-state index is 0.0377. The Kier molecular flexibility index (Phi) is 10.5. The van der Waals surface area contributed by atoms with E-state index in [1.54, 1.807) is 25.2 Å². The van der Waals surface area contributed by atoms with Gasteiger partial charge in [-0.05, 0) is 105 Å². The third kappa shape index (κ3) is 6.68. The molecule has 5 aliphatic heterocycles. The van der Waals surface area contributed by atoms with Crippen molar-refractivity contribution in [3.63, 3.8) is 0 Å². The van der Waals surface area contributed by atoms with Gasteiger partial charge in [0.1, 0.15) is 5.92 Å². The molecule has 2 N–H and O–H groups in total. The van der Waals surface area contributed by atoms with Crippen molar-refractivity contribution in [3.05, 3.63) is 115 Å². The van der Waals surface area contributed by atoms with Crippen molar-refractivity contribution in [1.29, 1.82) is 0 Å². The molecule has 0 aromatic heterocycles. The first-order valence-corrected chi connectivity index (χ1v) is 17.8. The number of aliphatic hydroxyl groups is 1. The SMILES string of the molecule is COC(=O)CCC1=C(C)C2=NC1=CC1=NC(=CC3=C(C)/C(=C(\C)O)C(=N3)C=C3NC(=C2)C2=CC=C(C(=O)OC)[C@H](C(=O)OC)[C@@]32C)C(C)=C1CCC(=O)OC. The predicted octanol–water partition coefficient (Wildman–Crippen LogP) is 5.98. The van der Waals surface area contributed by atoms with Gasteiger partial charge in [-0.1, -0.05) is 12.2 Å². The molecule has 6 aliphatic rings. The van der Waals surface area contributed by atoms with Crippen LogP contribution < -0.4 is 5.32 Å². The second kappa shape index (κ2) is 15.0. The summed E-state index contributed by atoms with van der Waals surface area (Å²) < 4.78 is 20.3. The van der Waals surface area contributed by atoms with Crippen LogP contribution in [-0.2, 0) is 38.1 Å². The number of nitrogens with zero attached hydrogens (tertiary/aromatic N) is 3. The summed E-state index contributed by atoms with van der Waals surface area (Å²) >= 11 is 0. The van der Waals surface area contributed by atoms with Crippen molar-refractivity contribution >= 4 is 41.0 Å². The van der Waals surface area contributed by atoms with E-state index < -0.39 is 23.3 Å². The molecule has 0 aromatic rings. The number of rotatable bonds is 8. The van der Waals surface area contributed by atoms with E-state index in [-0.39, 0.29) is 36.1 Å². The molecule has 1 fully saturated rings. The number of hydrogen-bond acceptors (Lipinski definition) is 13. The average Bonchev–Trinajstić information content (AvgIpc) is 3.82. The van der Waals surface area contributed by atoms with Gasteiger partial charge in [0, 0.05) is 29.8 Å². The molecule has 6 rings (SSSR count). The quantitative estimate of drug-likeness (QED) is 0.171. The highest BCUT2D eigenvalue weighted by Gasteiger charge is 2.55. The molecule has 8 bridgehead atoms. The van der Waals surface area contributed by atoms with Gasteiger partial charge >= 0.3 is 23.9 Å². The Labute approximate surface area is 319 Å². The Balaban J connectivity index is 1.66. The third-order valence-corrected chi connectivity index (χ3v) is 11.0. The number of carbonyl (C=O) groups excluding carboxylic acids is 4. The van der Waals surface area contributed by atoms with Gasteiger partial charge in [-0.25, -0.2) is 19.8 Å². The first-order valence-electron chi connectivity index (χ1n) is 17.8. The molecular formula is C42H44N4O9. The molecule has 0 amide bonds. The molecule has 13 nitrogen and oxygen atoms in total. The van der Waals surface area contributed by atoms with E-state index >= 15 is 0 Å². The van der Waals surface area contributed by atoms with E-state index in [1.807, 2.05) is 45.9 Å². The van der Waals surface area contributed by atoms with E-state index in [4.69, 9.17) is 33.9 Å². The Morgan fingerprint density at radius 2 is 1.40 bits per heavy atom. The number of ether oxygens (including phenoxy) is 4. The molecule has 1 aliphatic carbocycles. The maximum absolute atomic E-state index is 13.7. The first-order chi connectivity index (χ1) is 26.2. The van der Waals surface area contributed by atoms with Crippen LogP contribution in [0.3, 0.4) is 0 Å². The van der Waals surface area contributed by atoms with Crippen molar-refractivity contribution in [3.8, 4) is 0 Å². The Bertz CT molecular complexity index is 2260. The standard InChI is InChI=1S/C42H44N4O9/c1-20-24(11-14-36(48)52-6)31-18-32-25(12-15-37(49)53-7)21(2)29(44-32)17-33-27-13-10-26(40(50)54-8)39(41(51)55-9)42(27,5)35(46-33)19-34-38(23(4)47)22(3)30(45-34)16-28(20)43-31/h10,13,16-19,39,46-47H,11-12,14-15H2,1-9H3/b28-16?,32-18?,33-17?,35-19?,38-23-/t39-,42-/m1/s1. The molecule has 13 heteroatoms. The zero-order valence-corrected chi connectivity index (χ0v) is 32.4. The lowest BCUT2D eigenvalue weighted by atomic mass is 9.64. The van der Waals surface area contributed by atoms with Crippen LogP contribution in [-0.4, -0.2) is 74.6 Å². The molecule has 0 spiro atoms. The van der Waals surface area contributed by atoms with Crippen molar-refractivity contribution in [2.75, 3.05) is 28.4 Å². The van der Waals surface area contributed by atoms with E-state index in [9.17, 15) is 24.3 Å². The van der Waals surface area contributed by atoms with Gasteiger partial charge in [0.05, 0.1) is 79.4 Å². The second-order valence-corrected chi connectivity index (χ2v) is 14.0. The zero-order chi connectivity index (χ0) is 39.9. The number of fused-ring (bicyclic) bond motifs is 8. The largest absolute Gasteiger partial charge is 0.512 e. The fourth-order valence-corrected chi connectivity index (χ4v) is 7.89. The summed E-state index contributed by atoms with van der Waals surface area (Å²) in [5.41, 5.74) is 8.61. The number of hydrogen-bond donors (Lipinski definition) is 2. The van der Waals surface area contributed by atoms with Gasteiger partial charge in [0.15, 0.2) is 0 Å². The molecule has 0 saturated carbocycles. The molecule has 0 unspecified atom stereocenters. The summed E-state index contributed by atoms with van der Waals surface area (Å²) in [4.78, 5) is 66.7. The van der Waals surface area contributed by atoms with Gasteiger partial charge in [-0.3, -0.25) is 14.4 Å². The normalized spacial score (nSPS) is 23.6. The van der Waals surface area contributed by atoms with Gasteiger partial charge in [0.25, 0.3) is 0 Å². The van der Waals surface area contributed by atoms with Crippen LogP contribution in [0.4, 0.5) is 0 Å². The smallest absolute Gasteiger partial charge is 0.334 e. The molecular weight excluding hydrogens is 704 g/mol. The zero-order valence-electron chi connectivity index (χ0n) is 32.4. The lowest BCUT2D eigenvalue weighted by Gasteiger charge is -2.36. The van der Waals surface area contributed by atoms with Crippen molar-refractivity contribution in [2.24, 2.45) is 26.3 Å². The summed E-state index contributed by atoms with van der Waals surface area (Å²) in [5.74, 6) is -3.12. The van der Waals surface area contributed by atoms with Crippen LogP contribution in [0, 0.1) is 11.3 Å².